The van der Waals surface area contributed by atoms with E-state index in [9.17, 15) is 4.79 Å². The zero-order chi connectivity index (χ0) is 16.8. The molecule has 0 saturated carbocycles. The largest absolute Gasteiger partial charge is 0.382 e. The summed E-state index contributed by atoms with van der Waals surface area (Å²) in [5.41, 5.74) is 1.46. The van der Waals surface area contributed by atoms with Crippen molar-refractivity contribution in [2.24, 2.45) is 0 Å². The van der Waals surface area contributed by atoms with Gasteiger partial charge in [-0.25, -0.2) is 0 Å². The number of aromatic nitrogens is 2. The zero-order valence-corrected chi connectivity index (χ0v) is 15.2. The van der Waals surface area contributed by atoms with Gasteiger partial charge in [-0.15, -0.1) is 12.4 Å². The number of benzene rings is 1. The molecular weight excluding hydrogens is 340 g/mol. The van der Waals surface area contributed by atoms with Crippen molar-refractivity contribution in [3.05, 3.63) is 53.9 Å². The maximum absolute atomic E-state index is 12.5. The lowest BCUT2D eigenvalue weighted by Crippen LogP contribution is -2.33. The van der Waals surface area contributed by atoms with Crippen LogP contribution in [0.3, 0.4) is 0 Å². The number of halogens is 1. The first-order valence-electron chi connectivity index (χ1n) is 8.38. The third kappa shape index (κ3) is 5.04. The molecule has 1 aromatic carbocycles. The molecule has 2 N–H and O–H groups in total. The Labute approximate surface area is 154 Å². The molecule has 1 aliphatic heterocycles. The molecule has 7 heteroatoms. The van der Waals surface area contributed by atoms with Gasteiger partial charge >= 0.3 is 0 Å². The molecule has 2 atom stereocenters. The maximum atomic E-state index is 12.5. The second kappa shape index (κ2) is 9.56. The van der Waals surface area contributed by atoms with Gasteiger partial charge in [-0.3, -0.25) is 9.48 Å². The van der Waals surface area contributed by atoms with Crippen molar-refractivity contribution in [2.75, 3.05) is 26.8 Å². The molecule has 0 bridgehead atoms. The number of nitrogens with one attached hydrogen (secondary N) is 2. The molecule has 1 aliphatic rings. The van der Waals surface area contributed by atoms with Gasteiger partial charge in [0.1, 0.15) is 5.69 Å². The summed E-state index contributed by atoms with van der Waals surface area (Å²) < 4.78 is 7.14. The van der Waals surface area contributed by atoms with E-state index in [-0.39, 0.29) is 24.4 Å². The van der Waals surface area contributed by atoms with Crippen LogP contribution in [0.15, 0.2) is 42.6 Å². The third-order valence-corrected chi connectivity index (χ3v) is 4.33. The number of amides is 1. The van der Waals surface area contributed by atoms with Crippen LogP contribution in [0.2, 0.25) is 0 Å². The minimum Gasteiger partial charge on any atom is -0.382 e. The van der Waals surface area contributed by atoms with Gasteiger partial charge in [0.05, 0.1) is 18.7 Å². The number of nitrogens with zero attached hydrogens (tertiary/aromatic N) is 2. The van der Waals surface area contributed by atoms with E-state index in [0.29, 0.717) is 18.3 Å². The molecular formula is C18H25ClN4O2. The first-order valence-corrected chi connectivity index (χ1v) is 8.38. The number of piperidine rings is 1. The lowest BCUT2D eigenvalue weighted by atomic mass is 10.1. The van der Waals surface area contributed by atoms with Crippen molar-refractivity contribution < 1.29 is 9.53 Å². The minimum absolute atomic E-state index is 0. The minimum atomic E-state index is -0.190. The lowest BCUT2D eigenvalue weighted by Gasteiger charge is -2.23. The van der Waals surface area contributed by atoms with Crippen molar-refractivity contribution >= 4 is 18.3 Å². The highest BCUT2D eigenvalue weighted by Crippen LogP contribution is 2.17. The molecule has 1 fully saturated rings. The van der Waals surface area contributed by atoms with Gasteiger partial charge in [0.25, 0.3) is 5.91 Å². The van der Waals surface area contributed by atoms with E-state index in [1.165, 1.54) is 0 Å². The molecule has 0 aliphatic carbocycles. The van der Waals surface area contributed by atoms with Gasteiger partial charge in [0.2, 0.25) is 0 Å². The Kier molecular flexibility index (Phi) is 7.43. The van der Waals surface area contributed by atoms with Gasteiger partial charge in [-0.2, -0.15) is 5.10 Å². The Morgan fingerprint density at radius 3 is 2.88 bits per heavy atom. The van der Waals surface area contributed by atoms with Crippen molar-refractivity contribution in [3.63, 3.8) is 0 Å². The average molecular weight is 365 g/mol. The van der Waals surface area contributed by atoms with Crippen LogP contribution in [-0.2, 0) is 4.74 Å². The Balaban J connectivity index is 0.00000225. The SMILES string of the molecule is COCC(NC(=O)c1ccn(C2CCCNC2)n1)c1ccccc1.Cl. The first kappa shape index (κ1) is 19.4. The number of hydrogen-bond donors (Lipinski definition) is 2. The lowest BCUT2D eigenvalue weighted by molar-refractivity contribution is 0.0890. The number of carbonyl (C=O) groups is 1. The van der Waals surface area contributed by atoms with E-state index in [0.717, 1.165) is 31.5 Å². The van der Waals surface area contributed by atoms with Gasteiger partial charge in [-0.1, -0.05) is 30.3 Å². The molecule has 2 aromatic rings. The molecule has 0 spiro atoms. The third-order valence-electron chi connectivity index (χ3n) is 4.33. The first-order chi connectivity index (χ1) is 11.8. The molecule has 1 saturated heterocycles. The van der Waals surface area contributed by atoms with Crippen LogP contribution in [0.1, 0.15) is 41.0 Å². The number of rotatable bonds is 6. The van der Waals surface area contributed by atoms with E-state index in [2.05, 4.69) is 15.7 Å². The van der Waals surface area contributed by atoms with Crippen LogP contribution in [0.4, 0.5) is 0 Å². The summed E-state index contributed by atoms with van der Waals surface area (Å²) in [5, 5.41) is 10.8. The fraction of sp³-hybridized carbons (Fsp3) is 0.444. The number of hydrogen-bond acceptors (Lipinski definition) is 4. The van der Waals surface area contributed by atoms with Gasteiger partial charge in [-0.05, 0) is 31.0 Å². The van der Waals surface area contributed by atoms with E-state index in [1.807, 2.05) is 41.2 Å². The summed E-state index contributed by atoms with van der Waals surface area (Å²) >= 11 is 0. The van der Waals surface area contributed by atoms with Crippen molar-refractivity contribution in [3.8, 4) is 0 Å². The summed E-state index contributed by atoms with van der Waals surface area (Å²) in [6, 6.07) is 11.7. The zero-order valence-electron chi connectivity index (χ0n) is 14.4. The Bertz CT molecular complexity index is 656. The summed E-state index contributed by atoms with van der Waals surface area (Å²) in [4.78, 5) is 12.5. The second-order valence-electron chi connectivity index (χ2n) is 6.07. The van der Waals surface area contributed by atoms with Gasteiger partial charge in [0.15, 0.2) is 0 Å². The summed E-state index contributed by atoms with van der Waals surface area (Å²) in [5.74, 6) is -0.177. The van der Waals surface area contributed by atoms with Gasteiger partial charge in [0, 0.05) is 19.9 Å². The van der Waals surface area contributed by atoms with Crippen molar-refractivity contribution in [2.45, 2.75) is 24.9 Å². The normalized spacial score (nSPS) is 18.2. The molecule has 1 aromatic heterocycles. The molecule has 25 heavy (non-hydrogen) atoms. The van der Waals surface area contributed by atoms with Crippen molar-refractivity contribution in [1.29, 1.82) is 0 Å². The monoisotopic (exact) mass is 364 g/mol. The molecule has 136 valence electrons. The van der Waals surface area contributed by atoms with E-state index in [1.54, 1.807) is 13.2 Å². The number of ether oxygens (including phenoxy) is 1. The average Bonchev–Trinajstić information content (AvgIpc) is 3.13. The molecule has 1 amide bonds. The van der Waals surface area contributed by atoms with Gasteiger partial charge < -0.3 is 15.4 Å². The summed E-state index contributed by atoms with van der Waals surface area (Å²) in [6.07, 6.45) is 4.11. The molecule has 2 unspecified atom stereocenters. The van der Waals surface area contributed by atoms with Crippen LogP contribution in [0.5, 0.6) is 0 Å². The second-order valence-corrected chi connectivity index (χ2v) is 6.07. The van der Waals surface area contributed by atoms with E-state index in [4.69, 9.17) is 4.74 Å². The van der Waals surface area contributed by atoms with Crippen LogP contribution in [0, 0.1) is 0 Å². The highest BCUT2D eigenvalue weighted by Gasteiger charge is 2.20. The Morgan fingerprint density at radius 2 is 2.20 bits per heavy atom. The van der Waals surface area contributed by atoms with E-state index < -0.39 is 0 Å². The standard InChI is InChI=1S/C18H24N4O2.ClH/c1-24-13-17(14-6-3-2-4-7-14)20-18(23)16-9-11-22(21-16)15-8-5-10-19-12-15;/h2-4,6-7,9,11,15,17,19H,5,8,10,12-13H2,1H3,(H,20,23);1H. The van der Waals surface area contributed by atoms with E-state index >= 15 is 0 Å². The fourth-order valence-electron chi connectivity index (χ4n) is 3.03. The van der Waals surface area contributed by atoms with Crippen LogP contribution >= 0.6 is 12.4 Å². The number of methoxy groups -OCH3 is 1. The van der Waals surface area contributed by atoms with Crippen molar-refractivity contribution in [1.82, 2.24) is 20.4 Å². The molecule has 6 nitrogen and oxygen atoms in total. The topological polar surface area (TPSA) is 68.2 Å². The predicted molar refractivity (Wildman–Crippen MR) is 99.1 cm³/mol. The highest BCUT2D eigenvalue weighted by molar-refractivity contribution is 5.92. The fourth-order valence-corrected chi connectivity index (χ4v) is 3.03. The smallest absolute Gasteiger partial charge is 0.272 e. The predicted octanol–water partition coefficient (Wildman–Crippen LogP) is 2.35. The molecule has 3 rings (SSSR count). The van der Waals surface area contributed by atoms with Crippen LogP contribution in [0.25, 0.3) is 0 Å². The number of carbonyl (C=O) groups excluding carboxylic acids is 1. The quantitative estimate of drug-likeness (QED) is 0.825. The Hall–Kier alpha value is -1.89. The maximum Gasteiger partial charge on any atom is 0.272 e. The highest BCUT2D eigenvalue weighted by atomic mass is 35.5. The molecule has 0 radical (unpaired) electrons. The summed E-state index contributed by atoms with van der Waals surface area (Å²) in [7, 11) is 1.63. The van der Waals surface area contributed by atoms with Crippen LogP contribution in [-0.4, -0.2) is 42.5 Å². The Morgan fingerprint density at radius 1 is 1.40 bits per heavy atom. The van der Waals surface area contributed by atoms with Crippen LogP contribution < -0.4 is 10.6 Å². The summed E-state index contributed by atoms with van der Waals surface area (Å²) in [6.45, 7) is 2.38. The molecule has 2 heterocycles.